The second-order valence-electron chi connectivity index (χ2n) is 5.61. The van der Waals surface area contributed by atoms with Crippen LogP contribution in [0.4, 0.5) is 0 Å². The summed E-state index contributed by atoms with van der Waals surface area (Å²) in [6.45, 7) is 1.97. The summed E-state index contributed by atoms with van der Waals surface area (Å²) in [6.07, 6.45) is 0. The van der Waals surface area contributed by atoms with E-state index in [1.807, 2.05) is 67.6 Å². The van der Waals surface area contributed by atoms with Crippen molar-refractivity contribution in [1.82, 2.24) is 5.32 Å². The predicted molar refractivity (Wildman–Crippen MR) is 101 cm³/mol. The molecule has 0 radical (unpaired) electrons. The Hall–Kier alpha value is -2.33. The van der Waals surface area contributed by atoms with Gasteiger partial charge in [-0.3, -0.25) is 4.79 Å². The smallest absolute Gasteiger partial charge is 0.255 e. The molecule has 1 N–H and O–H groups in total. The standard InChI is InChI=1S/C20H18BrNO2/c1-13(14-7-10-16(21)11-8-14)22-20(23)18-12-9-15-5-3-4-6-17(15)19(18)24-2/h3-13H,1-2H3,(H,22,23)/t13-/m1/s1. The Morgan fingerprint density at radius 3 is 2.46 bits per heavy atom. The van der Waals surface area contributed by atoms with Crippen LogP contribution in [0.1, 0.15) is 28.9 Å². The maximum atomic E-state index is 12.7. The predicted octanol–water partition coefficient (Wildman–Crippen LogP) is 5.10. The molecule has 0 unspecified atom stereocenters. The summed E-state index contributed by atoms with van der Waals surface area (Å²) in [5.74, 6) is 0.460. The normalized spacial score (nSPS) is 12.0. The van der Waals surface area contributed by atoms with Crippen LogP contribution in [-0.2, 0) is 0 Å². The first-order valence-electron chi connectivity index (χ1n) is 7.72. The van der Waals surface area contributed by atoms with Crippen molar-refractivity contribution >= 4 is 32.6 Å². The zero-order valence-electron chi connectivity index (χ0n) is 13.5. The molecule has 1 atom stereocenters. The summed E-state index contributed by atoms with van der Waals surface area (Å²) in [6, 6.07) is 19.5. The summed E-state index contributed by atoms with van der Waals surface area (Å²) in [4.78, 5) is 12.7. The van der Waals surface area contributed by atoms with E-state index in [-0.39, 0.29) is 11.9 Å². The lowest BCUT2D eigenvalue weighted by Gasteiger charge is -2.17. The molecule has 0 aliphatic heterocycles. The van der Waals surface area contributed by atoms with Gasteiger partial charge >= 0.3 is 0 Å². The van der Waals surface area contributed by atoms with E-state index in [2.05, 4.69) is 21.2 Å². The van der Waals surface area contributed by atoms with Gasteiger partial charge in [-0.1, -0.05) is 58.4 Å². The van der Waals surface area contributed by atoms with E-state index in [0.717, 1.165) is 20.8 Å². The van der Waals surface area contributed by atoms with Crippen LogP contribution in [-0.4, -0.2) is 13.0 Å². The molecule has 0 heterocycles. The molecule has 0 aliphatic carbocycles. The molecule has 0 bridgehead atoms. The van der Waals surface area contributed by atoms with Gasteiger partial charge < -0.3 is 10.1 Å². The zero-order chi connectivity index (χ0) is 17.1. The number of rotatable bonds is 4. The molecular weight excluding hydrogens is 366 g/mol. The Bertz CT molecular complexity index is 874. The van der Waals surface area contributed by atoms with E-state index in [1.165, 1.54) is 0 Å². The Labute approximate surface area is 149 Å². The van der Waals surface area contributed by atoms with E-state index in [1.54, 1.807) is 7.11 Å². The third-order valence-corrected chi connectivity index (χ3v) is 4.57. The number of fused-ring (bicyclic) bond motifs is 1. The molecule has 4 heteroatoms. The van der Waals surface area contributed by atoms with Crippen LogP contribution >= 0.6 is 15.9 Å². The molecule has 122 valence electrons. The number of carbonyl (C=O) groups is 1. The average Bonchev–Trinajstić information content (AvgIpc) is 2.61. The fourth-order valence-electron chi connectivity index (χ4n) is 2.75. The average molecular weight is 384 g/mol. The van der Waals surface area contributed by atoms with Crippen molar-refractivity contribution in [3.63, 3.8) is 0 Å². The zero-order valence-corrected chi connectivity index (χ0v) is 15.1. The molecule has 3 rings (SSSR count). The van der Waals surface area contributed by atoms with Crippen LogP contribution in [0, 0.1) is 0 Å². The van der Waals surface area contributed by atoms with Gasteiger partial charge in [-0.2, -0.15) is 0 Å². The van der Waals surface area contributed by atoms with Crippen molar-refractivity contribution in [2.24, 2.45) is 0 Å². The number of nitrogens with one attached hydrogen (secondary N) is 1. The maximum absolute atomic E-state index is 12.7. The van der Waals surface area contributed by atoms with Crippen LogP contribution in [0.2, 0.25) is 0 Å². The van der Waals surface area contributed by atoms with Crippen molar-refractivity contribution in [2.45, 2.75) is 13.0 Å². The minimum atomic E-state index is -0.145. The van der Waals surface area contributed by atoms with Crippen LogP contribution in [0.25, 0.3) is 10.8 Å². The molecule has 0 aliphatic rings. The van der Waals surface area contributed by atoms with Gasteiger partial charge in [-0.05, 0) is 36.1 Å². The van der Waals surface area contributed by atoms with Crippen LogP contribution in [0.5, 0.6) is 5.75 Å². The highest BCUT2D eigenvalue weighted by Gasteiger charge is 2.17. The number of methoxy groups -OCH3 is 1. The quantitative estimate of drug-likeness (QED) is 0.680. The van der Waals surface area contributed by atoms with Gasteiger partial charge in [-0.25, -0.2) is 0 Å². The summed E-state index contributed by atoms with van der Waals surface area (Å²) < 4.78 is 6.53. The number of hydrogen-bond acceptors (Lipinski definition) is 2. The molecule has 3 aromatic rings. The van der Waals surface area contributed by atoms with Gasteiger partial charge in [0.25, 0.3) is 5.91 Å². The van der Waals surface area contributed by atoms with Crippen LogP contribution < -0.4 is 10.1 Å². The fraction of sp³-hybridized carbons (Fsp3) is 0.150. The minimum Gasteiger partial charge on any atom is -0.495 e. The van der Waals surface area contributed by atoms with Crippen molar-refractivity contribution in [2.75, 3.05) is 7.11 Å². The fourth-order valence-corrected chi connectivity index (χ4v) is 3.02. The van der Waals surface area contributed by atoms with E-state index in [4.69, 9.17) is 4.74 Å². The van der Waals surface area contributed by atoms with Crippen molar-refractivity contribution in [3.8, 4) is 5.75 Å². The van der Waals surface area contributed by atoms with E-state index in [9.17, 15) is 4.79 Å². The molecular formula is C20H18BrNO2. The maximum Gasteiger partial charge on any atom is 0.255 e. The monoisotopic (exact) mass is 383 g/mol. The van der Waals surface area contributed by atoms with Crippen molar-refractivity contribution < 1.29 is 9.53 Å². The number of ether oxygens (including phenoxy) is 1. The molecule has 0 fully saturated rings. The second kappa shape index (κ2) is 7.05. The Morgan fingerprint density at radius 2 is 1.75 bits per heavy atom. The van der Waals surface area contributed by atoms with Crippen LogP contribution in [0.15, 0.2) is 65.1 Å². The summed E-state index contributed by atoms with van der Waals surface area (Å²) in [5, 5.41) is 5.02. The van der Waals surface area contributed by atoms with Crippen LogP contribution in [0.3, 0.4) is 0 Å². The first kappa shape index (κ1) is 16.5. The number of halogens is 1. The highest BCUT2D eigenvalue weighted by Crippen LogP contribution is 2.30. The summed E-state index contributed by atoms with van der Waals surface area (Å²) in [7, 11) is 1.59. The Balaban J connectivity index is 1.89. The lowest BCUT2D eigenvalue weighted by atomic mass is 10.0. The van der Waals surface area contributed by atoms with E-state index in [0.29, 0.717) is 11.3 Å². The lowest BCUT2D eigenvalue weighted by molar-refractivity contribution is 0.0937. The van der Waals surface area contributed by atoms with Gasteiger partial charge in [0.15, 0.2) is 0 Å². The molecule has 3 nitrogen and oxygen atoms in total. The highest BCUT2D eigenvalue weighted by molar-refractivity contribution is 9.10. The topological polar surface area (TPSA) is 38.3 Å². The number of hydrogen-bond donors (Lipinski definition) is 1. The largest absolute Gasteiger partial charge is 0.495 e. The molecule has 1 amide bonds. The first-order valence-corrected chi connectivity index (χ1v) is 8.51. The van der Waals surface area contributed by atoms with E-state index >= 15 is 0 Å². The van der Waals surface area contributed by atoms with Crippen molar-refractivity contribution in [3.05, 3.63) is 76.3 Å². The molecule has 0 spiro atoms. The van der Waals surface area contributed by atoms with Gasteiger partial charge in [0.1, 0.15) is 5.75 Å². The Morgan fingerprint density at radius 1 is 1.04 bits per heavy atom. The molecule has 0 saturated carbocycles. The second-order valence-corrected chi connectivity index (χ2v) is 6.53. The molecule has 24 heavy (non-hydrogen) atoms. The third-order valence-electron chi connectivity index (χ3n) is 4.05. The van der Waals surface area contributed by atoms with Gasteiger partial charge in [0.2, 0.25) is 0 Å². The van der Waals surface area contributed by atoms with Gasteiger partial charge in [0.05, 0.1) is 18.7 Å². The molecule has 0 aromatic heterocycles. The van der Waals surface area contributed by atoms with E-state index < -0.39 is 0 Å². The Kier molecular flexibility index (Phi) is 4.86. The SMILES string of the molecule is COc1c(C(=O)N[C@H](C)c2ccc(Br)cc2)ccc2ccccc12. The first-order chi connectivity index (χ1) is 11.6. The summed E-state index contributed by atoms with van der Waals surface area (Å²) in [5.41, 5.74) is 1.59. The molecule has 0 saturated heterocycles. The molecule has 3 aromatic carbocycles. The number of benzene rings is 3. The number of amides is 1. The lowest BCUT2D eigenvalue weighted by Crippen LogP contribution is -2.27. The minimum absolute atomic E-state index is 0.0956. The highest BCUT2D eigenvalue weighted by atomic mass is 79.9. The number of carbonyl (C=O) groups excluding carboxylic acids is 1. The summed E-state index contributed by atoms with van der Waals surface area (Å²) >= 11 is 3.42. The van der Waals surface area contributed by atoms with Gasteiger partial charge in [-0.15, -0.1) is 0 Å². The third kappa shape index (κ3) is 3.29. The van der Waals surface area contributed by atoms with Crippen molar-refractivity contribution in [1.29, 1.82) is 0 Å². The van der Waals surface area contributed by atoms with Gasteiger partial charge in [0, 0.05) is 9.86 Å².